The highest BCUT2D eigenvalue weighted by molar-refractivity contribution is 7.80. The molecule has 0 aliphatic heterocycles. The van der Waals surface area contributed by atoms with Crippen molar-refractivity contribution in [1.82, 2.24) is 0 Å². The Morgan fingerprint density at radius 3 is 2.75 bits per heavy atom. The molecule has 1 aromatic rings. The molecule has 1 rings (SSSR count). The van der Waals surface area contributed by atoms with E-state index in [1.807, 2.05) is 31.2 Å². The normalized spacial score (nSPS) is 10.1. The molecular weight excluding hydrogens is 222 g/mol. The van der Waals surface area contributed by atoms with Crippen LogP contribution in [0.1, 0.15) is 18.9 Å². The molecule has 16 heavy (non-hydrogen) atoms. The molecule has 3 nitrogen and oxygen atoms in total. The molecule has 2 N–H and O–H groups in total. The van der Waals surface area contributed by atoms with Crippen molar-refractivity contribution in [3.63, 3.8) is 0 Å². The van der Waals surface area contributed by atoms with E-state index in [1.54, 1.807) is 0 Å². The van der Waals surface area contributed by atoms with E-state index in [2.05, 4.69) is 0 Å². The Bertz CT molecular complexity index is 342. The number of benzene rings is 1. The van der Waals surface area contributed by atoms with Gasteiger partial charge in [0.15, 0.2) is 0 Å². The van der Waals surface area contributed by atoms with Crippen molar-refractivity contribution in [2.45, 2.75) is 13.3 Å². The Hall–Kier alpha value is -1.13. The second kappa shape index (κ2) is 7.19. The van der Waals surface area contributed by atoms with E-state index < -0.39 is 0 Å². The number of rotatable bonds is 7. The van der Waals surface area contributed by atoms with Gasteiger partial charge in [-0.2, -0.15) is 0 Å². The van der Waals surface area contributed by atoms with Crippen molar-refractivity contribution in [3.8, 4) is 5.75 Å². The first-order chi connectivity index (χ1) is 7.75. The summed E-state index contributed by atoms with van der Waals surface area (Å²) in [4.78, 5) is 0.361. The number of hydrogen-bond acceptors (Lipinski definition) is 3. The van der Waals surface area contributed by atoms with Gasteiger partial charge in [0.1, 0.15) is 10.7 Å². The minimum Gasteiger partial charge on any atom is -0.493 e. The molecule has 0 heterocycles. The van der Waals surface area contributed by atoms with Crippen LogP contribution < -0.4 is 10.5 Å². The number of nitrogens with two attached hydrogens (primary N) is 1. The lowest BCUT2D eigenvalue weighted by atomic mass is 10.2. The maximum Gasteiger partial charge on any atom is 0.129 e. The minimum absolute atomic E-state index is 0.361. The third-order valence-electron chi connectivity index (χ3n) is 2.05. The zero-order valence-corrected chi connectivity index (χ0v) is 10.3. The highest BCUT2D eigenvalue weighted by atomic mass is 32.1. The van der Waals surface area contributed by atoms with E-state index in [0.717, 1.165) is 24.3 Å². The van der Waals surface area contributed by atoms with E-state index in [0.29, 0.717) is 18.2 Å². The van der Waals surface area contributed by atoms with Gasteiger partial charge < -0.3 is 15.2 Å². The summed E-state index contributed by atoms with van der Waals surface area (Å²) in [6, 6.07) is 7.52. The molecule has 0 amide bonds. The molecule has 0 aliphatic carbocycles. The summed E-state index contributed by atoms with van der Waals surface area (Å²) in [5.41, 5.74) is 6.38. The zero-order chi connectivity index (χ0) is 11.8. The lowest BCUT2D eigenvalue weighted by Gasteiger charge is -2.10. The molecule has 0 saturated heterocycles. The van der Waals surface area contributed by atoms with E-state index in [1.165, 1.54) is 0 Å². The van der Waals surface area contributed by atoms with Crippen LogP contribution in [0.3, 0.4) is 0 Å². The van der Waals surface area contributed by atoms with Crippen molar-refractivity contribution in [1.29, 1.82) is 0 Å². The Kier molecular flexibility index (Phi) is 5.82. The van der Waals surface area contributed by atoms with Gasteiger partial charge in [-0.3, -0.25) is 0 Å². The topological polar surface area (TPSA) is 44.5 Å². The number of thiocarbonyl (C=S) groups is 1. The molecule has 0 saturated carbocycles. The van der Waals surface area contributed by atoms with Gasteiger partial charge in [0.2, 0.25) is 0 Å². The number of ether oxygens (including phenoxy) is 2. The molecular formula is C12H17NO2S. The predicted octanol–water partition coefficient (Wildman–Crippen LogP) is 2.13. The van der Waals surface area contributed by atoms with Crippen molar-refractivity contribution in [2.24, 2.45) is 5.73 Å². The van der Waals surface area contributed by atoms with Crippen molar-refractivity contribution >= 4 is 17.2 Å². The molecule has 0 fully saturated rings. The summed E-state index contributed by atoms with van der Waals surface area (Å²) in [5.74, 6) is 0.742. The highest BCUT2D eigenvalue weighted by Crippen LogP contribution is 2.17. The lowest BCUT2D eigenvalue weighted by Crippen LogP contribution is -2.12. The van der Waals surface area contributed by atoms with Crippen LogP contribution in [0.2, 0.25) is 0 Å². The quantitative estimate of drug-likeness (QED) is 0.585. The van der Waals surface area contributed by atoms with Gasteiger partial charge in [0.05, 0.1) is 12.2 Å². The number of para-hydroxylation sites is 1. The molecule has 0 aliphatic rings. The molecule has 88 valence electrons. The second-order valence-corrected chi connectivity index (χ2v) is 3.70. The van der Waals surface area contributed by atoms with Gasteiger partial charge in [-0.05, 0) is 19.1 Å². The maximum absolute atomic E-state index is 5.60. The van der Waals surface area contributed by atoms with Gasteiger partial charge in [-0.25, -0.2) is 0 Å². The van der Waals surface area contributed by atoms with Crippen LogP contribution in [-0.4, -0.2) is 24.8 Å². The predicted molar refractivity (Wildman–Crippen MR) is 68.9 cm³/mol. The Morgan fingerprint density at radius 1 is 1.31 bits per heavy atom. The van der Waals surface area contributed by atoms with Crippen LogP contribution >= 0.6 is 12.2 Å². The van der Waals surface area contributed by atoms with Crippen molar-refractivity contribution in [2.75, 3.05) is 19.8 Å². The fourth-order valence-corrected chi connectivity index (χ4v) is 1.45. The van der Waals surface area contributed by atoms with Crippen LogP contribution in [0.5, 0.6) is 5.75 Å². The van der Waals surface area contributed by atoms with Crippen LogP contribution in [0, 0.1) is 0 Å². The monoisotopic (exact) mass is 239 g/mol. The van der Waals surface area contributed by atoms with Gasteiger partial charge in [-0.1, -0.05) is 24.4 Å². The molecule has 4 heteroatoms. The summed E-state index contributed by atoms with van der Waals surface area (Å²) in [6.45, 7) is 4.04. The molecule has 0 unspecified atom stereocenters. The molecule has 0 radical (unpaired) electrons. The van der Waals surface area contributed by atoms with E-state index in [-0.39, 0.29) is 0 Å². The standard InChI is InChI=1S/C12H17NO2S/c1-2-14-8-5-9-15-11-7-4-3-6-10(11)12(13)16/h3-4,6-7H,2,5,8-9H2,1H3,(H2,13,16). The third-order valence-corrected chi connectivity index (χ3v) is 2.27. The summed E-state index contributed by atoms with van der Waals surface area (Å²) >= 11 is 4.94. The van der Waals surface area contributed by atoms with Gasteiger partial charge in [0.25, 0.3) is 0 Å². The molecule has 0 atom stereocenters. The van der Waals surface area contributed by atoms with Crippen LogP contribution in [0.4, 0.5) is 0 Å². The SMILES string of the molecule is CCOCCCOc1ccccc1C(N)=S. The second-order valence-electron chi connectivity index (χ2n) is 3.26. The summed E-state index contributed by atoms with van der Waals surface area (Å²) in [7, 11) is 0. The molecule has 0 aromatic heterocycles. The lowest BCUT2D eigenvalue weighted by molar-refractivity contribution is 0.131. The maximum atomic E-state index is 5.60. The van der Waals surface area contributed by atoms with Crippen LogP contribution in [0.25, 0.3) is 0 Å². The fourth-order valence-electron chi connectivity index (χ4n) is 1.28. The van der Waals surface area contributed by atoms with Gasteiger partial charge in [-0.15, -0.1) is 0 Å². The largest absolute Gasteiger partial charge is 0.493 e. The Labute approximate surface area is 102 Å². The first-order valence-electron chi connectivity index (χ1n) is 5.35. The molecule has 0 spiro atoms. The van der Waals surface area contributed by atoms with E-state index >= 15 is 0 Å². The zero-order valence-electron chi connectivity index (χ0n) is 9.44. The van der Waals surface area contributed by atoms with E-state index in [4.69, 9.17) is 27.4 Å². The smallest absolute Gasteiger partial charge is 0.129 e. The Morgan fingerprint density at radius 2 is 2.06 bits per heavy atom. The average Bonchev–Trinajstić information content (AvgIpc) is 2.29. The Balaban J connectivity index is 2.44. The summed E-state index contributed by atoms with van der Waals surface area (Å²) < 4.78 is 10.8. The van der Waals surface area contributed by atoms with Gasteiger partial charge in [0, 0.05) is 19.6 Å². The van der Waals surface area contributed by atoms with Crippen molar-refractivity contribution < 1.29 is 9.47 Å². The van der Waals surface area contributed by atoms with Crippen molar-refractivity contribution in [3.05, 3.63) is 29.8 Å². The van der Waals surface area contributed by atoms with E-state index in [9.17, 15) is 0 Å². The fraction of sp³-hybridized carbons (Fsp3) is 0.417. The van der Waals surface area contributed by atoms with Crippen LogP contribution in [-0.2, 0) is 4.74 Å². The first-order valence-corrected chi connectivity index (χ1v) is 5.76. The number of hydrogen-bond donors (Lipinski definition) is 1. The first kappa shape index (κ1) is 12.9. The minimum atomic E-state index is 0.361. The third kappa shape index (κ3) is 4.16. The van der Waals surface area contributed by atoms with Crippen LogP contribution in [0.15, 0.2) is 24.3 Å². The molecule has 1 aromatic carbocycles. The highest BCUT2D eigenvalue weighted by Gasteiger charge is 2.04. The average molecular weight is 239 g/mol. The molecule has 0 bridgehead atoms. The van der Waals surface area contributed by atoms with Gasteiger partial charge >= 0.3 is 0 Å². The summed E-state index contributed by atoms with van der Waals surface area (Å²) in [5, 5.41) is 0. The summed E-state index contributed by atoms with van der Waals surface area (Å²) in [6.07, 6.45) is 0.861.